The second-order valence-corrected chi connectivity index (χ2v) is 9.27. The van der Waals surface area contributed by atoms with Gasteiger partial charge in [0.2, 0.25) is 0 Å². The highest BCUT2D eigenvalue weighted by Gasteiger charge is 2.31. The Morgan fingerprint density at radius 2 is 1.76 bits per heavy atom. The minimum Gasteiger partial charge on any atom is -0.406 e. The minimum absolute atomic E-state index is 0.221. The van der Waals surface area contributed by atoms with Gasteiger partial charge in [0.05, 0.1) is 21.0 Å². The average molecular weight is 470 g/mol. The molecule has 0 aliphatic heterocycles. The summed E-state index contributed by atoms with van der Waals surface area (Å²) in [6.45, 7) is 0.458. The molecule has 11 heteroatoms. The first-order valence-electron chi connectivity index (χ1n) is 8.31. The van der Waals surface area contributed by atoms with E-state index in [9.17, 15) is 17.4 Å². The fourth-order valence-corrected chi connectivity index (χ4v) is 4.41. The number of hydrogen-bond acceptors (Lipinski definition) is 4. The molecule has 0 aromatic heterocycles. The number of nitrogens with zero attached hydrogens (tertiary/aromatic N) is 2. The van der Waals surface area contributed by atoms with Gasteiger partial charge in [-0.15, -0.1) is 13.2 Å². The number of halogens is 5. The molecule has 5 nitrogen and oxygen atoms in total. The van der Waals surface area contributed by atoms with Crippen molar-refractivity contribution in [3.63, 3.8) is 0 Å². The van der Waals surface area contributed by atoms with E-state index >= 15 is 0 Å². The van der Waals surface area contributed by atoms with E-state index < -0.39 is 28.1 Å². The zero-order valence-corrected chi connectivity index (χ0v) is 18.2. The van der Waals surface area contributed by atoms with Crippen LogP contribution >= 0.6 is 23.2 Å². The fraction of sp³-hybridized carbons (Fsp3) is 0.333. The van der Waals surface area contributed by atoms with E-state index in [1.807, 2.05) is 19.0 Å². The summed E-state index contributed by atoms with van der Waals surface area (Å²) in [6, 6.07) is 9.37. The van der Waals surface area contributed by atoms with Gasteiger partial charge in [0.25, 0.3) is 0 Å². The Balaban J connectivity index is 2.36. The lowest BCUT2D eigenvalue weighted by molar-refractivity contribution is -0.274. The molecule has 1 N–H and O–H groups in total. The maximum atomic E-state index is 13.5. The summed E-state index contributed by atoms with van der Waals surface area (Å²) in [5, 5.41) is 0.739. The molecule has 29 heavy (non-hydrogen) atoms. The van der Waals surface area contributed by atoms with E-state index in [4.69, 9.17) is 23.2 Å². The van der Waals surface area contributed by atoms with E-state index in [0.29, 0.717) is 16.6 Å². The Morgan fingerprint density at radius 1 is 1.14 bits per heavy atom. The van der Waals surface area contributed by atoms with Gasteiger partial charge in [0.1, 0.15) is 15.7 Å². The van der Waals surface area contributed by atoms with Gasteiger partial charge in [-0.2, -0.15) is 0 Å². The van der Waals surface area contributed by atoms with Gasteiger partial charge in [-0.05, 0) is 56.1 Å². The molecule has 2 rings (SSSR count). The standard InChI is InChI=1S/C18H20Cl2F3N3O2S/c1-24-29(27,14-7-5-13(6-8-14)28-18(21,22)23)25-17(11-26(2)3)12-4-9-15(19)16(20)10-12/h4-10,17H,11H2,1-3H3,(H,24,25,27). The van der Waals surface area contributed by atoms with E-state index in [1.165, 1.54) is 19.2 Å². The van der Waals surface area contributed by atoms with Crippen LogP contribution in [0.4, 0.5) is 13.2 Å². The van der Waals surface area contributed by atoms with Crippen LogP contribution < -0.4 is 9.46 Å². The van der Waals surface area contributed by atoms with Gasteiger partial charge in [0, 0.05) is 13.6 Å². The Morgan fingerprint density at radius 3 is 2.24 bits per heavy atom. The largest absolute Gasteiger partial charge is 0.573 e. The lowest BCUT2D eigenvalue weighted by Gasteiger charge is -2.25. The van der Waals surface area contributed by atoms with E-state index in [0.717, 1.165) is 17.7 Å². The zero-order valence-electron chi connectivity index (χ0n) is 15.8. The van der Waals surface area contributed by atoms with Gasteiger partial charge < -0.3 is 9.64 Å². The summed E-state index contributed by atoms with van der Waals surface area (Å²) in [7, 11) is 1.92. The van der Waals surface area contributed by atoms with Crippen molar-refractivity contribution in [2.75, 3.05) is 27.7 Å². The first kappa shape index (κ1) is 23.8. The summed E-state index contributed by atoms with van der Waals surface area (Å²) in [5.74, 6) is -0.409. The summed E-state index contributed by atoms with van der Waals surface area (Å²) in [4.78, 5) is 2.11. The lowest BCUT2D eigenvalue weighted by atomic mass is 10.1. The van der Waals surface area contributed by atoms with Crippen LogP contribution in [0.15, 0.2) is 51.7 Å². The molecule has 2 aromatic rings. The van der Waals surface area contributed by atoms with Crippen LogP contribution in [0.2, 0.25) is 10.0 Å². The van der Waals surface area contributed by atoms with Crippen molar-refractivity contribution in [1.82, 2.24) is 9.62 Å². The summed E-state index contributed by atoms with van der Waals surface area (Å²) >= 11 is 12.1. The van der Waals surface area contributed by atoms with Crippen molar-refractivity contribution in [3.8, 4) is 5.75 Å². The summed E-state index contributed by atoms with van der Waals surface area (Å²) in [6.07, 6.45) is -4.80. The van der Waals surface area contributed by atoms with Crippen LogP contribution in [-0.4, -0.2) is 43.2 Å². The van der Waals surface area contributed by atoms with Gasteiger partial charge >= 0.3 is 6.36 Å². The van der Waals surface area contributed by atoms with Gasteiger partial charge in [-0.1, -0.05) is 29.3 Å². The Labute approximate surface area is 178 Å². The van der Waals surface area contributed by atoms with Crippen LogP contribution in [0.1, 0.15) is 11.6 Å². The highest BCUT2D eigenvalue weighted by atomic mass is 35.5. The number of likely N-dealkylation sites (N-methyl/N-ethyl adjacent to an activating group) is 1. The lowest BCUT2D eigenvalue weighted by Crippen LogP contribution is -2.35. The normalized spacial score (nSPS) is 15.1. The van der Waals surface area contributed by atoms with Gasteiger partial charge in [0.15, 0.2) is 0 Å². The van der Waals surface area contributed by atoms with Crippen molar-refractivity contribution in [2.24, 2.45) is 4.36 Å². The average Bonchev–Trinajstić information content (AvgIpc) is 2.62. The van der Waals surface area contributed by atoms with Crippen LogP contribution in [0.5, 0.6) is 5.75 Å². The Kier molecular flexibility index (Phi) is 7.80. The quantitative estimate of drug-likeness (QED) is 0.609. The molecule has 0 radical (unpaired) electrons. The number of rotatable bonds is 7. The third-order valence-corrected chi connectivity index (χ3v) is 6.60. The summed E-state index contributed by atoms with van der Waals surface area (Å²) < 4.78 is 61.3. The first-order valence-corrected chi connectivity index (χ1v) is 10.6. The molecule has 0 saturated carbocycles. The number of nitrogens with one attached hydrogen (secondary N) is 1. The van der Waals surface area contributed by atoms with E-state index in [1.54, 1.807) is 18.2 Å². The molecular weight excluding hydrogens is 450 g/mol. The fourth-order valence-electron chi connectivity index (χ4n) is 2.55. The molecule has 0 bridgehead atoms. The number of ether oxygens (including phenoxy) is 1. The number of benzene rings is 2. The molecule has 0 spiro atoms. The van der Waals surface area contributed by atoms with Crippen molar-refractivity contribution < 1.29 is 22.1 Å². The second-order valence-electron chi connectivity index (χ2n) is 6.33. The van der Waals surface area contributed by atoms with E-state index in [-0.39, 0.29) is 4.90 Å². The summed E-state index contributed by atoms with van der Waals surface area (Å²) in [5.41, 5.74) is 0.737. The SMILES string of the molecule is CN=S(=O)(NC(CN(C)C)c1ccc(Cl)c(Cl)c1)c1ccc(OC(F)(F)F)cc1. The third-order valence-electron chi connectivity index (χ3n) is 3.83. The molecule has 0 fully saturated rings. The van der Waals surface area contributed by atoms with Gasteiger partial charge in [-0.3, -0.25) is 0 Å². The Hall–Kier alpha value is -1.52. The topological polar surface area (TPSA) is 53.9 Å². The van der Waals surface area contributed by atoms with Crippen molar-refractivity contribution in [1.29, 1.82) is 0 Å². The molecular formula is C18H20Cl2F3N3O2S. The van der Waals surface area contributed by atoms with Crippen molar-refractivity contribution >= 4 is 33.1 Å². The molecule has 0 aliphatic carbocycles. The molecule has 0 saturated heterocycles. The molecule has 160 valence electrons. The van der Waals surface area contributed by atoms with Crippen LogP contribution in [0.3, 0.4) is 0 Å². The Bertz CT molecular complexity index is 960. The molecule has 2 atom stereocenters. The monoisotopic (exact) mass is 469 g/mol. The molecule has 2 unspecified atom stereocenters. The van der Waals surface area contributed by atoms with Crippen LogP contribution in [-0.2, 0) is 9.92 Å². The molecule has 0 aliphatic rings. The van der Waals surface area contributed by atoms with E-state index in [2.05, 4.69) is 13.8 Å². The third kappa shape index (κ3) is 6.75. The first-order chi connectivity index (χ1) is 13.4. The van der Waals surface area contributed by atoms with Crippen molar-refractivity contribution in [2.45, 2.75) is 17.3 Å². The smallest absolute Gasteiger partial charge is 0.406 e. The maximum Gasteiger partial charge on any atom is 0.573 e. The number of hydrogen-bond donors (Lipinski definition) is 1. The van der Waals surface area contributed by atoms with Crippen molar-refractivity contribution in [3.05, 3.63) is 58.1 Å². The van der Waals surface area contributed by atoms with Gasteiger partial charge in [-0.25, -0.2) is 13.3 Å². The minimum atomic E-state index is -4.80. The molecule has 2 aromatic carbocycles. The second kappa shape index (κ2) is 9.53. The zero-order chi connectivity index (χ0) is 21.8. The maximum absolute atomic E-state index is 13.5. The number of alkyl halides is 3. The van der Waals surface area contributed by atoms with Crippen LogP contribution in [0.25, 0.3) is 0 Å². The highest BCUT2D eigenvalue weighted by molar-refractivity contribution is 7.91. The van der Waals surface area contributed by atoms with Crippen LogP contribution in [0, 0.1) is 0 Å². The molecule has 0 heterocycles. The molecule has 0 amide bonds. The predicted molar refractivity (Wildman–Crippen MR) is 109 cm³/mol. The highest BCUT2D eigenvalue weighted by Crippen LogP contribution is 2.28. The predicted octanol–water partition coefficient (Wildman–Crippen LogP) is 5.16.